The highest BCUT2D eigenvalue weighted by molar-refractivity contribution is 7.83. The molecule has 0 atom stereocenters. The van der Waals surface area contributed by atoms with Crippen molar-refractivity contribution in [3.05, 3.63) is 69.7 Å². The highest BCUT2D eigenvalue weighted by Crippen LogP contribution is 2.19. The third kappa shape index (κ3) is 33.3. The smallest absolute Gasteiger partial charge is 0.159 e. The average Bonchev–Trinajstić information content (AvgIpc) is 3.22. The molecule has 2 N–H and O–H groups in total. The first-order valence-electron chi connectivity index (χ1n) is 23.0. The summed E-state index contributed by atoms with van der Waals surface area (Å²) in [4.78, 5) is 0. The van der Waals surface area contributed by atoms with Crippen molar-refractivity contribution in [2.75, 3.05) is 52.4 Å². The second-order valence-corrected chi connectivity index (χ2v) is 19.2. The summed E-state index contributed by atoms with van der Waals surface area (Å²) in [5.41, 5.74) is 1.15. The van der Waals surface area contributed by atoms with Gasteiger partial charge in [0, 0.05) is 23.1 Å². The maximum Gasteiger partial charge on any atom is 0.159 e. The lowest BCUT2D eigenvalue weighted by atomic mass is 10.1. The molecule has 14 heteroatoms. The number of rotatable bonds is 30. The van der Waals surface area contributed by atoms with Crippen molar-refractivity contribution in [1.29, 1.82) is 0 Å². The second kappa shape index (κ2) is 37.1. The van der Waals surface area contributed by atoms with Crippen LogP contribution in [0.25, 0.3) is 0 Å². The van der Waals surface area contributed by atoms with Crippen LogP contribution in [0, 0.1) is 0 Å². The van der Waals surface area contributed by atoms with Crippen LogP contribution in [-0.4, -0.2) is 87.3 Å². The standard InChI is InChI=1S/2C16H36N.2C7H8ClNO3S/c2*1-5-9-13-17(14-10-6-2,15-11-7-3)16-12-8-4;2*8-7-4-2-1-3-6(7)5-9-13(10,11)12/h2*5-16H2,1-4H3;2*1-4,9H,5H2,(H,10,11,12)/q2*+1;;/p-2. The Kier molecular flexibility index (Phi) is 37.6. The molecule has 0 heterocycles. The number of unbranched alkanes of at least 4 members (excludes halogenated alkanes) is 8. The van der Waals surface area contributed by atoms with E-state index in [1.54, 1.807) is 48.5 Å². The summed E-state index contributed by atoms with van der Waals surface area (Å²) in [6.45, 7) is 29.9. The lowest BCUT2D eigenvalue weighted by molar-refractivity contribution is -0.929. The maximum atomic E-state index is 10.2. The van der Waals surface area contributed by atoms with Crippen LogP contribution in [0.3, 0.4) is 0 Å². The van der Waals surface area contributed by atoms with Gasteiger partial charge in [-0.25, -0.2) is 26.3 Å². The van der Waals surface area contributed by atoms with Gasteiger partial charge in [0.2, 0.25) is 0 Å². The minimum atomic E-state index is -4.40. The molecule has 0 spiro atoms. The third-order valence-electron chi connectivity index (χ3n) is 10.7. The summed E-state index contributed by atoms with van der Waals surface area (Å²) in [6.07, 6.45) is 22.1. The van der Waals surface area contributed by atoms with Gasteiger partial charge in [-0.3, -0.25) is 0 Å². The van der Waals surface area contributed by atoms with Gasteiger partial charge in [-0.05, 0) is 74.6 Å². The SMILES string of the molecule is CCCC[N+](CCCC)(CCCC)CCCC.CCCC[N+](CCCC)(CCCC)CCCC.O=S(=O)([O-])NCc1ccccc1Cl.O=S(=O)([O-])NCc1ccccc1Cl. The topological polar surface area (TPSA) is 138 Å². The zero-order valence-corrected chi connectivity index (χ0v) is 42.1. The van der Waals surface area contributed by atoms with Crippen molar-refractivity contribution in [3.8, 4) is 0 Å². The van der Waals surface area contributed by atoms with E-state index in [-0.39, 0.29) is 13.1 Å². The quantitative estimate of drug-likeness (QED) is 0.0591. The first-order chi connectivity index (χ1) is 28.5. The van der Waals surface area contributed by atoms with Crippen LogP contribution < -0.4 is 9.44 Å². The number of hydrogen-bond donors (Lipinski definition) is 2. The van der Waals surface area contributed by atoms with Crippen LogP contribution in [0.1, 0.15) is 169 Å². The number of quaternary nitrogens is 2. The van der Waals surface area contributed by atoms with Gasteiger partial charge in [0.05, 0.1) is 52.4 Å². The van der Waals surface area contributed by atoms with Crippen LogP contribution in [0.5, 0.6) is 0 Å². The monoisotopic (exact) mass is 925 g/mol. The Morgan fingerprint density at radius 3 is 0.783 bits per heavy atom. The zero-order chi connectivity index (χ0) is 45.8. The Bertz CT molecular complexity index is 1350. The number of nitrogens with zero attached hydrogens (tertiary/aromatic N) is 2. The lowest BCUT2D eigenvalue weighted by Gasteiger charge is -2.39. The van der Waals surface area contributed by atoms with Crippen LogP contribution >= 0.6 is 23.2 Å². The van der Waals surface area contributed by atoms with Crippen molar-refractivity contribution in [2.45, 2.75) is 171 Å². The van der Waals surface area contributed by atoms with E-state index in [4.69, 9.17) is 23.2 Å². The minimum absolute atomic E-state index is 0.0779. The minimum Gasteiger partial charge on any atom is -0.735 e. The molecule has 0 radical (unpaired) electrons. The van der Waals surface area contributed by atoms with Crippen LogP contribution in [0.15, 0.2) is 48.5 Å². The Balaban J connectivity index is 0. The van der Waals surface area contributed by atoms with Crippen molar-refractivity contribution >= 4 is 43.8 Å². The molecule has 0 aromatic heterocycles. The summed E-state index contributed by atoms with van der Waals surface area (Å²) in [5.74, 6) is 0. The van der Waals surface area contributed by atoms with E-state index < -0.39 is 20.6 Å². The van der Waals surface area contributed by atoms with Gasteiger partial charge in [-0.1, -0.05) is 166 Å². The Morgan fingerprint density at radius 1 is 0.417 bits per heavy atom. The van der Waals surface area contributed by atoms with Gasteiger partial charge in [0.15, 0.2) is 20.6 Å². The fraction of sp³-hybridized carbons (Fsp3) is 0.739. The second-order valence-electron chi connectivity index (χ2n) is 16.0. The summed E-state index contributed by atoms with van der Waals surface area (Å²) in [6, 6.07) is 13.4. The van der Waals surface area contributed by atoms with E-state index in [1.165, 1.54) is 164 Å². The molecule has 0 unspecified atom stereocenters. The van der Waals surface area contributed by atoms with Crippen molar-refractivity contribution in [3.63, 3.8) is 0 Å². The molecule has 352 valence electrons. The molecule has 0 bridgehead atoms. The van der Waals surface area contributed by atoms with Crippen LogP contribution in [-0.2, 0) is 33.7 Å². The highest BCUT2D eigenvalue weighted by Gasteiger charge is 2.25. The van der Waals surface area contributed by atoms with Crippen molar-refractivity contribution in [1.82, 2.24) is 9.44 Å². The Labute approximate surface area is 379 Å². The molecular weight excluding hydrogens is 840 g/mol. The van der Waals surface area contributed by atoms with Crippen LogP contribution in [0.2, 0.25) is 10.0 Å². The molecule has 0 aliphatic carbocycles. The molecule has 0 aliphatic rings. The molecule has 0 saturated heterocycles. The van der Waals surface area contributed by atoms with E-state index in [0.717, 1.165) is 0 Å². The van der Waals surface area contributed by atoms with E-state index in [9.17, 15) is 25.9 Å². The third-order valence-corrected chi connectivity index (χ3v) is 12.4. The van der Waals surface area contributed by atoms with Gasteiger partial charge < -0.3 is 18.1 Å². The van der Waals surface area contributed by atoms with E-state index in [1.807, 2.05) is 9.44 Å². The number of benzene rings is 2. The molecule has 2 rings (SSSR count). The fourth-order valence-electron chi connectivity index (χ4n) is 6.91. The van der Waals surface area contributed by atoms with Gasteiger partial charge in [0.1, 0.15) is 0 Å². The van der Waals surface area contributed by atoms with Gasteiger partial charge in [-0.15, -0.1) is 0 Å². The van der Waals surface area contributed by atoms with Gasteiger partial charge in [-0.2, -0.15) is 0 Å². The van der Waals surface area contributed by atoms with Gasteiger partial charge >= 0.3 is 0 Å². The Morgan fingerprint density at radius 2 is 0.617 bits per heavy atom. The predicted octanol–water partition coefficient (Wildman–Crippen LogP) is 11.8. The normalized spacial score (nSPS) is 11.8. The molecule has 0 saturated carbocycles. The summed E-state index contributed by atoms with van der Waals surface area (Å²) < 4.78 is 67.7. The molecule has 0 amide bonds. The molecule has 10 nitrogen and oxygen atoms in total. The largest absolute Gasteiger partial charge is 0.735 e. The summed E-state index contributed by atoms with van der Waals surface area (Å²) >= 11 is 11.4. The first kappa shape index (κ1) is 60.8. The van der Waals surface area contributed by atoms with E-state index >= 15 is 0 Å². The van der Waals surface area contributed by atoms with Crippen molar-refractivity contribution < 1.29 is 34.9 Å². The van der Waals surface area contributed by atoms with Crippen LogP contribution in [0.4, 0.5) is 0 Å². The molecule has 2 aromatic carbocycles. The predicted molar refractivity (Wildman–Crippen MR) is 255 cm³/mol. The molecule has 60 heavy (non-hydrogen) atoms. The average molecular weight is 926 g/mol. The van der Waals surface area contributed by atoms with Gasteiger partial charge in [0.25, 0.3) is 0 Å². The Hall–Kier alpha value is -1.32. The molecule has 2 aromatic rings. The summed E-state index contributed by atoms with van der Waals surface area (Å²) in [5, 5.41) is 0.859. The first-order valence-corrected chi connectivity index (χ1v) is 26.6. The highest BCUT2D eigenvalue weighted by atomic mass is 35.5. The number of nitrogens with one attached hydrogen (secondary N) is 2. The molecule has 0 aliphatic heterocycles. The summed E-state index contributed by atoms with van der Waals surface area (Å²) in [7, 11) is -8.80. The number of halogens is 2. The fourth-order valence-corrected chi connectivity index (χ4v) is 7.98. The maximum absolute atomic E-state index is 10.2. The molecule has 0 fully saturated rings. The van der Waals surface area contributed by atoms with Crippen molar-refractivity contribution in [2.24, 2.45) is 0 Å². The lowest BCUT2D eigenvalue weighted by Crippen LogP contribution is -2.50. The number of hydrogen-bond acceptors (Lipinski definition) is 6. The molecular formula is C46H86Cl2N4O6S2. The zero-order valence-electron chi connectivity index (χ0n) is 38.9. The van der Waals surface area contributed by atoms with E-state index in [2.05, 4.69) is 55.4 Å². The van der Waals surface area contributed by atoms with E-state index in [0.29, 0.717) is 21.2 Å².